The summed E-state index contributed by atoms with van der Waals surface area (Å²) in [5, 5.41) is 3.29. The monoisotopic (exact) mass is 314 g/mol. The number of nitrogens with one attached hydrogen (secondary N) is 1. The number of nitrogens with zero attached hydrogens (tertiary/aromatic N) is 1. The van der Waals surface area contributed by atoms with Crippen LogP contribution in [0.25, 0.3) is 0 Å². The van der Waals surface area contributed by atoms with E-state index in [9.17, 15) is 4.79 Å². The molecule has 2 atom stereocenters. The summed E-state index contributed by atoms with van der Waals surface area (Å²) < 4.78 is 0. The standard InChI is InChI=1S/C15H22N2OS.ClH/c1-11-4-6-14(7-5-11)19-13(3)15(18)17-9-8-16-10-12(17)2;/h4-7,12-13,16H,8-10H2,1-3H3;1H/t12-,13?;/m1./s1. The Morgan fingerprint density at radius 2 is 2.05 bits per heavy atom. The lowest BCUT2D eigenvalue weighted by Crippen LogP contribution is -2.54. The number of benzene rings is 1. The van der Waals surface area contributed by atoms with E-state index < -0.39 is 0 Å². The Morgan fingerprint density at radius 3 is 2.65 bits per heavy atom. The van der Waals surface area contributed by atoms with Crippen molar-refractivity contribution >= 4 is 30.1 Å². The van der Waals surface area contributed by atoms with Crippen molar-refractivity contribution in [2.45, 2.75) is 37.0 Å². The van der Waals surface area contributed by atoms with Crippen LogP contribution in [0.4, 0.5) is 0 Å². The van der Waals surface area contributed by atoms with Crippen molar-refractivity contribution in [1.29, 1.82) is 0 Å². The maximum absolute atomic E-state index is 12.5. The molecule has 1 aliphatic heterocycles. The maximum atomic E-state index is 12.5. The minimum Gasteiger partial charge on any atom is -0.336 e. The van der Waals surface area contributed by atoms with Crippen LogP contribution in [0.15, 0.2) is 29.2 Å². The molecular formula is C15H23ClN2OS. The van der Waals surface area contributed by atoms with Crippen molar-refractivity contribution in [2.24, 2.45) is 0 Å². The number of thioether (sulfide) groups is 1. The quantitative estimate of drug-likeness (QED) is 0.871. The molecular weight excluding hydrogens is 292 g/mol. The normalized spacial score (nSPS) is 20.1. The first-order chi connectivity index (χ1) is 9.08. The second kappa shape index (κ2) is 7.91. The lowest BCUT2D eigenvalue weighted by molar-refractivity contribution is -0.133. The Kier molecular flexibility index (Phi) is 6.86. The predicted octanol–water partition coefficient (Wildman–Crippen LogP) is 2.72. The van der Waals surface area contributed by atoms with Gasteiger partial charge in [0.15, 0.2) is 0 Å². The van der Waals surface area contributed by atoms with Gasteiger partial charge in [-0.15, -0.1) is 24.2 Å². The van der Waals surface area contributed by atoms with E-state index in [2.05, 4.69) is 43.4 Å². The number of amides is 1. The second-order valence-electron chi connectivity index (χ2n) is 5.16. The SMILES string of the molecule is Cc1ccc(SC(C)C(=O)N2CCNC[C@H]2C)cc1.Cl. The van der Waals surface area contributed by atoms with E-state index in [1.807, 2.05) is 11.8 Å². The molecule has 1 heterocycles. The van der Waals surface area contributed by atoms with Crippen molar-refractivity contribution in [2.75, 3.05) is 19.6 Å². The first-order valence-corrected chi connectivity index (χ1v) is 7.70. The van der Waals surface area contributed by atoms with Crippen LogP contribution in [0.1, 0.15) is 19.4 Å². The zero-order valence-electron chi connectivity index (χ0n) is 12.3. The molecule has 1 aliphatic rings. The topological polar surface area (TPSA) is 32.3 Å². The highest BCUT2D eigenvalue weighted by molar-refractivity contribution is 8.00. The third-order valence-corrected chi connectivity index (χ3v) is 4.57. The summed E-state index contributed by atoms with van der Waals surface area (Å²) >= 11 is 1.64. The minimum atomic E-state index is -0.0248. The zero-order chi connectivity index (χ0) is 13.8. The lowest BCUT2D eigenvalue weighted by Gasteiger charge is -2.35. The number of rotatable bonds is 3. The van der Waals surface area contributed by atoms with E-state index in [4.69, 9.17) is 0 Å². The third-order valence-electron chi connectivity index (χ3n) is 3.47. The van der Waals surface area contributed by atoms with Crippen LogP contribution in [0.5, 0.6) is 0 Å². The average molecular weight is 315 g/mol. The van der Waals surface area contributed by atoms with Crippen molar-refractivity contribution in [3.05, 3.63) is 29.8 Å². The molecule has 112 valence electrons. The van der Waals surface area contributed by atoms with Gasteiger partial charge >= 0.3 is 0 Å². The minimum absolute atomic E-state index is 0. The molecule has 1 aromatic rings. The highest BCUT2D eigenvalue weighted by Gasteiger charge is 2.27. The summed E-state index contributed by atoms with van der Waals surface area (Å²) in [6, 6.07) is 8.65. The average Bonchev–Trinajstić information content (AvgIpc) is 2.41. The maximum Gasteiger partial charge on any atom is 0.236 e. The summed E-state index contributed by atoms with van der Waals surface area (Å²) in [7, 11) is 0. The van der Waals surface area contributed by atoms with E-state index in [1.54, 1.807) is 11.8 Å². The van der Waals surface area contributed by atoms with E-state index in [1.165, 1.54) is 5.56 Å². The second-order valence-corrected chi connectivity index (χ2v) is 6.57. The molecule has 1 amide bonds. The number of hydrogen-bond acceptors (Lipinski definition) is 3. The Bertz CT molecular complexity index is 438. The van der Waals surface area contributed by atoms with Gasteiger partial charge in [0.05, 0.1) is 5.25 Å². The van der Waals surface area contributed by atoms with Crippen molar-refractivity contribution in [3.63, 3.8) is 0 Å². The lowest BCUT2D eigenvalue weighted by atomic mass is 10.2. The van der Waals surface area contributed by atoms with E-state index >= 15 is 0 Å². The number of halogens is 1. The summed E-state index contributed by atoms with van der Waals surface area (Å²) in [5.41, 5.74) is 1.25. The van der Waals surface area contributed by atoms with Gasteiger partial charge in [0.25, 0.3) is 0 Å². The van der Waals surface area contributed by atoms with Crippen molar-refractivity contribution < 1.29 is 4.79 Å². The summed E-state index contributed by atoms with van der Waals surface area (Å²) in [5.74, 6) is 0.250. The zero-order valence-corrected chi connectivity index (χ0v) is 13.9. The van der Waals surface area contributed by atoms with Crippen LogP contribution >= 0.6 is 24.2 Å². The van der Waals surface area contributed by atoms with Gasteiger partial charge in [-0.05, 0) is 32.9 Å². The molecule has 1 aromatic carbocycles. The summed E-state index contributed by atoms with van der Waals surface area (Å²) in [6.07, 6.45) is 0. The molecule has 20 heavy (non-hydrogen) atoms. The van der Waals surface area contributed by atoms with E-state index in [-0.39, 0.29) is 23.6 Å². The molecule has 0 saturated carbocycles. The van der Waals surface area contributed by atoms with Gasteiger partial charge in [-0.2, -0.15) is 0 Å². The molecule has 2 rings (SSSR count). The highest BCUT2D eigenvalue weighted by atomic mass is 35.5. The van der Waals surface area contributed by atoms with Gasteiger partial charge in [0.2, 0.25) is 5.91 Å². The molecule has 5 heteroatoms. The predicted molar refractivity (Wildman–Crippen MR) is 87.8 cm³/mol. The van der Waals surface area contributed by atoms with Crippen LogP contribution in [0.2, 0.25) is 0 Å². The Labute approximate surface area is 131 Å². The number of hydrogen-bond donors (Lipinski definition) is 1. The fourth-order valence-electron chi connectivity index (χ4n) is 2.27. The summed E-state index contributed by atoms with van der Waals surface area (Å²) in [6.45, 7) is 8.80. The Balaban J connectivity index is 0.00000200. The molecule has 0 radical (unpaired) electrons. The molecule has 3 nitrogen and oxygen atoms in total. The van der Waals surface area contributed by atoms with Gasteiger partial charge in [-0.25, -0.2) is 0 Å². The van der Waals surface area contributed by atoms with Crippen LogP contribution in [-0.4, -0.2) is 41.7 Å². The van der Waals surface area contributed by atoms with Gasteiger partial charge in [0.1, 0.15) is 0 Å². The van der Waals surface area contributed by atoms with Gasteiger partial charge in [0, 0.05) is 30.6 Å². The largest absolute Gasteiger partial charge is 0.336 e. The van der Waals surface area contributed by atoms with Crippen LogP contribution in [0.3, 0.4) is 0 Å². The number of piperazine rings is 1. The highest BCUT2D eigenvalue weighted by Crippen LogP contribution is 2.25. The van der Waals surface area contributed by atoms with Gasteiger partial charge < -0.3 is 10.2 Å². The fraction of sp³-hybridized carbons (Fsp3) is 0.533. The molecule has 1 unspecified atom stereocenters. The molecule has 1 N–H and O–H groups in total. The first kappa shape index (κ1) is 17.3. The first-order valence-electron chi connectivity index (χ1n) is 6.82. The van der Waals surface area contributed by atoms with Crippen molar-refractivity contribution in [3.8, 4) is 0 Å². The molecule has 1 saturated heterocycles. The molecule has 1 fully saturated rings. The van der Waals surface area contributed by atoms with Gasteiger partial charge in [-0.1, -0.05) is 17.7 Å². The van der Waals surface area contributed by atoms with E-state index in [0.29, 0.717) is 6.04 Å². The fourth-order valence-corrected chi connectivity index (χ4v) is 3.21. The smallest absolute Gasteiger partial charge is 0.236 e. The number of aryl methyl sites for hydroxylation is 1. The summed E-state index contributed by atoms with van der Waals surface area (Å²) in [4.78, 5) is 15.6. The van der Waals surface area contributed by atoms with Crippen LogP contribution < -0.4 is 5.32 Å². The van der Waals surface area contributed by atoms with E-state index in [0.717, 1.165) is 24.5 Å². The third kappa shape index (κ3) is 4.40. The van der Waals surface area contributed by atoms with Crippen LogP contribution in [-0.2, 0) is 4.79 Å². The molecule has 0 bridgehead atoms. The van der Waals surface area contributed by atoms with Gasteiger partial charge in [-0.3, -0.25) is 4.79 Å². The molecule has 0 aromatic heterocycles. The van der Waals surface area contributed by atoms with Crippen molar-refractivity contribution in [1.82, 2.24) is 10.2 Å². The molecule has 0 spiro atoms. The number of carbonyl (C=O) groups excluding carboxylic acids is 1. The Morgan fingerprint density at radius 1 is 1.40 bits per heavy atom. The number of carbonyl (C=O) groups is 1. The Hall–Kier alpha value is -0.710. The molecule has 0 aliphatic carbocycles. The van der Waals surface area contributed by atoms with Crippen LogP contribution in [0, 0.1) is 6.92 Å².